The number of anilines is 3. The lowest BCUT2D eigenvalue weighted by molar-refractivity contribution is 0.230. The summed E-state index contributed by atoms with van der Waals surface area (Å²) >= 11 is 0. The molecule has 0 aliphatic heterocycles. The summed E-state index contributed by atoms with van der Waals surface area (Å²) in [6, 6.07) is 17.4. The summed E-state index contributed by atoms with van der Waals surface area (Å²) in [5.74, 6) is 1.25. The zero-order valence-corrected chi connectivity index (χ0v) is 37.0. The minimum Gasteiger partial charge on any atom is -0.370 e. The molecule has 0 aliphatic rings. The van der Waals surface area contributed by atoms with Crippen molar-refractivity contribution in [1.82, 2.24) is 25.3 Å². The SMILES string of the molecule is CCc1cccc(CC)c1NC(=O)NC(N)=NC.CN=C(N(C)C)N(C)C(=O)N(C)c1c(C)cccc1C.CN=C(NC)N(C)C(=O)N(C)c1c(C)cccc1C. The molecule has 6 amide bonds. The van der Waals surface area contributed by atoms with Crippen molar-refractivity contribution in [3.8, 4) is 0 Å². The van der Waals surface area contributed by atoms with Crippen molar-refractivity contribution in [3.05, 3.63) is 88.0 Å². The first-order valence-electron chi connectivity index (χ1n) is 18.7. The maximum Gasteiger partial charge on any atom is 0.330 e. The van der Waals surface area contributed by atoms with Crippen LogP contribution in [0.2, 0.25) is 0 Å². The number of carbonyl (C=O) groups excluding carboxylic acids is 3. The maximum absolute atomic E-state index is 12.6. The van der Waals surface area contributed by atoms with E-state index in [4.69, 9.17) is 5.73 Å². The predicted octanol–water partition coefficient (Wildman–Crippen LogP) is 6.21. The Balaban J connectivity index is 0.000000428. The molecule has 0 saturated heterocycles. The number of carbonyl (C=O) groups is 3. The molecule has 0 radical (unpaired) electrons. The number of nitrogens with two attached hydrogens (primary N) is 1. The second kappa shape index (κ2) is 23.7. The summed E-state index contributed by atoms with van der Waals surface area (Å²) < 4.78 is 0. The van der Waals surface area contributed by atoms with Gasteiger partial charge in [0.15, 0.2) is 5.96 Å². The van der Waals surface area contributed by atoms with Crippen LogP contribution in [-0.2, 0) is 12.8 Å². The topological polar surface area (TPSA) is 167 Å². The number of nitrogens with one attached hydrogen (secondary N) is 3. The third kappa shape index (κ3) is 13.5. The average Bonchev–Trinajstić information content (AvgIpc) is 3.17. The molecule has 0 saturated carbocycles. The van der Waals surface area contributed by atoms with Crippen LogP contribution in [-0.4, -0.2) is 121 Å². The molecule has 3 aromatic rings. The maximum atomic E-state index is 12.6. The highest BCUT2D eigenvalue weighted by Crippen LogP contribution is 2.26. The van der Waals surface area contributed by atoms with Crippen LogP contribution in [0.3, 0.4) is 0 Å². The van der Waals surface area contributed by atoms with Gasteiger partial charge in [0, 0.05) is 76.2 Å². The molecule has 57 heavy (non-hydrogen) atoms. The van der Waals surface area contributed by atoms with Crippen molar-refractivity contribution in [2.24, 2.45) is 20.7 Å². The van der Waals surface area contributed by atoms with Crippen LogP contribution in [0.4, 0.5) is 31.4 Å². The van der Waals surface area contributed by atoms with Crippen LogP contribution in [0, 0.1) is 27.7 Å². The van der Waals surface area contributed by atoms with E-state index < -0.39 is 0 Å². The highest BCUT2D eigenvalue weighted by Gasteiger charge is 2.23. The number of hydrogen-bond acceptors (Lipinski definition) is 6. The largest absolute Gasteiger partial charge is 0.370 e. The summed E-state index contributed by atoms with van der Waals surface area (Å²) in [7, 11) is 17.3. The van der Waals surface area contributed by atoms with Crippen LogP contribution in [0.1, 0.15) is 47.2 Å². The minimum atomic E-state index is -0.367. The first kappa shape index (κ1) is 48.9. The number of guanidine groups is 3. The number of para-hydroxylation sites is 3. The fraction of sp³-hybridized carbons (Fsp3) is 0.429. The molecular weight excluding hydrogens is 721 g/mol. The molecule has 0 spiro atoms. The van der Waals surface area contributed by atoms with Gasteiger partial charge in [-0.3, -0.25) is 39.9 Å². The Morgan fingerprint density at radius 3 is 1.37 bits per heavy atom. The van der Waals surface area contributed by atoms with Crippen molar-refractivity contribution in [1.29, 1.82) is 0 Å². The number of rotatable bonds is 5. The molecule has 3 aromatic carbocycles. The molecule has 0 unspecified atom stereocenters. The average molecular weight is 787 g/mol. The second-order valence-electron chi connectivity index (χ2n) is 13.3. The zero-order chi connectivity index (χ0) is 43.6. The van der Waals surface area contributed by atoms with E-state index in [0.717, 1.165) is 63.3 Å². The summed E-state index contributed by atoms with van der Waals surface area (Å²) in [6.45, 7) is 12.1. The molecule has 312 valence electrons. The molecule has 0 aliphatic carbocycles. The van der Waals surface area contributed by atoms with E-state index in [1.807, 2.05) is 101 Å². The highest BCUT2D eigenvalue weighted by atomic mass is 16.2. The number of aryl methyl sites for hydroxylation is 6. The van der Waals surface area contributed by atoms with Gasteiger partial charge in [0.05, 0.1) is 11.4 Å². The van der Waals surface area contributed by atoms with E-state index in [1.165, 1.54) is 11.9 Å². The van der Waals surface area contributed by atoms with Crippen molar-refractivity contribution in [2.45, 2.75) is 54.4 Å². The van der Waals surface area contributed by atoms with Crippen LogP contribution >= 0.6 is 0 Å². The lowest BCUT2D eigenvalue weighted by Gasteiger charge is -2.30. The predicted molar refractivity (Wildman–Crippen MR) is 239 cm³/mol. The molecule has 5 N–H and O–H groups in total. The minimum absolute atomic E-state index is 0.0968. The molecule has 15 heteroatoms. The summed E-state index contributed by atoms with van der Waals surface area (Å²) in [5, 5.41) is 8.19. The van der Waals surface area contributed by atoms with Gasteiger partial charge >= 0.3 is 18.1 Å². The third-order valence-corrected chi connectivity index (χ3v) is 9.07. The Labute approximate surface area is 340 Å². The first-order valence-corrected chi connectivity index (χ1v) is 18.7. The Morgan fingerprint density at radius 1 is 0.632 bits per heavy atom. The standard InChI is InChI=1S/C15H24N4O.C14H22N4O.C13H20N4O/c1-11-9-8-10-12(2)13(11)18(6)15(20)19(7)14(16-3)17(4)5;1-10-8-7-9-11(2)12(10)17(5)14(19)18(6)13(15-3)16-4;1-4-9-7-6-8-10(5-2)11(9)16-13(18)17-12(14)15-3/h8-10H,1-7H3;7-9H,1-6H3,(H,15,16);6-8H,4-5H2,1-3H3,(H4,14,15,16,17,18). The molecular formula is C42H66N12O3. The Hall–Kier alpha value is -6.12. The van der Waals surface area contributed by atoms with Crippen LogP contribution < -0.4 is 31.5 Å². The van der Waals surface area contributed by atoms with E-state index >= 15 is 0 Å². The van der Waals surface area contributed by atoms with Gasteiger partial charge < -0.3 is 21.3 Å². The lowest BCUT2D eigenvalue weighted by Crippen LogP contribution is -2.47. The normalized spacial score (nSPS) is 11.2. The number of benzene rings is 3. The zero-order valence-electron chi connectivity index (χ0n) is 37.0. The fourth-order valence-corrected chi connectivity index (χ4v) is 6.29. The molecule has 0 fully saturated rings. The number of nitrogens with zero attached hydrogens (tertiary/aromatic N) is 8. The first-order chi connectivity index (χ1) is 26.9. The van der Waals surface area contributed by atoms with Crippen molar-refractivity contribution in [3.63, 3.8) is 0 Å². The molecule has 0 atom stereocenters. The second-order valence-corrected chi connectivity index (χ2v) is 13.3. The molecule has 0 bridgehead atoms. The van der Waals surface area contributed by atoms with Crippen LogP contribution in [0.25, 0.3) is 0 Å². The smallest absolute Gasteiger partial charge is 0.330 e. The van der Waals surface area contributed by atoms with Gasteiger partial charge in [-0.2, -0.15) is 0 Å². The number of amides is 6. The van der Waals surface area contributed by atoms with Crippen LogP contribution in [0.15, 0.2) is 69.6 Å². The van der Waals surface area contributed by atoms with Gasteiger partial charge in [-0.25, -0.2) is 14.4 Å². The van der Waals surface area contributed by atoms with Gasteiger partial charge in [-0.15, -0.1) is 0 Å². The van der Waals surface area contributed by atoms with E-state index in [-0.39, 0.29) is 24.1 Å². The van der Waals surface area contributed by atoms with Crippen LogP contribution in [0.5, 0.6) is 0 Å². The van der Waals surface area contributed by atoms with Gasteiger partial charge in [0.25, 0.3) is 0 Å². The Bertz CT molecular complexity index is 1840. The Morgan fingerprint density at radius 2 is 1.04 bits per heavy atom. The molecule has 0 aromatic heterocycles. The van der Waals surface area contributed by atoms with E-state index in [0.29, 0.717) is 11.9 Å². The van der Waals surface area contributed by atoms with E-state index in [9.17, 15) is 14.4 Å². The number of hydrogen-bond donors (Lipinski definition) is 4. The number of aliphatic imine (C=N–C) groups is 3. The quantitative estimate of drug-likeness (QED) is 0.177. The summed E-state index contributed by atoms with van der Waals surface area (Å²) in [5.41, 5.74) is 14.7. The highest BCUT2D eigenvalue weighted by molar-refractivity contribution is 6.05. The monoisotopic (exact) mass is 787 g/mol. The summed E-state index contributed by atoms with van der Waals surface area (Å²) in [4.78, 5) is 56.8. The van der Waals surface area contributed by atoms with Gasteiger partial charge in [-0.05, 0) is 73.9 Å². The lowest BCUT2D eigenvalue weighted by atomic mass is 10.0. The van der Waals surface area contributed by atoms with Crippen molar-refractivity contribution < 1.29 is 14.4 Å². The van der Waals surface area contributed by atoms with Gasteiger partial charge in [0.1, 0.15) is 0 Å². The van der Waals surface area contributed by atoms with Crippen molar-refractivity contribution >= 4 is 53.0 Å². The van der Waals surface area contributed by atoms with Gasteiger partial charge in [0.2, 0.25) is 11.9 Å². The van der Waals surface area contributed by atoms with E-state index in [1.54, 1.807) is 64.0 Å². The van der Waals surface area contributed by atoms with Gasteiger partial charge in [-0.1, -0.05) is 68.4 Å². The third-order valence-electron chi connectivity index (χ3n) is 9.07. The van der Waals surface area contributed by atoms with Crippen molar-refractivity contribution in [2.75, 3.05) is 85.6 Å². The molecule has 0 heterocycles. The van der Waals surface area contributed by atoms with E-state index in [2.05, 4.69) is 44.8 Å². The number of urea groups is 3. The fourth-order valence-electron chi connectivity index (χ4n) is 6.29. The molecule has 15 nitrogen and oxygen atoms in total. The Kier molecular flexibility index (Phi) is 20.4. The summed E-state index contributed by atoms with van der Waals surface area (Å²) in [6.07, 6.45) is 1.72. The molecule has 3 rings (SSSR count).